The Morgan fingerprint density at radius 1 is 1.04 bits per heavy atom. The predicted molar refractivity (Wildman–Crippen MR) is 96.7 cm³/mol. The summed E-state index contributed by atoms with van der Waals surface area (Å²) in [6.45, 7) is 8.40. The van der Waals surface area contributed by atoms with Gasteiger partial charge >= 0.3 is 0 Å². The van der Waals surface area contributed by atoms with E-state index in [9.17, 15) is 4.79 Å². The number of hydrogen-bond acceptors (Lipinski definition) is 4. The zero-order chi connectivity index (χ0) is 14.5. The molecule has 2 heterocycles. The first-order valence-electron chi connectivity index (χ1n) is 8.60. The summed E-state index contributed by atoms with van der Waals surface area (Å²) in [6, 6.07) is 0. The number of carbonyl (C=O) groups is 1. The van der Waals surface area contributed by atoms with Crippen LogP contribution in [-0.2, 0) is 9.53 Å². The van der Waals surface area contributed by atoms with Crippen LogP contribution in [0.25, 0.3) is 0 Å². The number of hydrogen-bond donors (Lipinski definition) is 1. The zero-order valence-corrected chi connectivity index (χ0v) is 15.5. The standard InChI is InChI=1S/C16H29N3O2.2ClH/c20-16(11-17-10-14-3-4-14)19-5-1-2-15(13-19)12-18-6-8-21-9-7-18;;/h14-15,17H,1-13H2;2*1H. The average Bonchev–Trinajstić information content (AvgIpc) is 3.33. The lowest BCUT2D eigenvalue weighted by atomic mass is 9.97. The van der Waals surface area contributed by atoms with Crippen LogP contribution in [0.4, 0.5) is 0 Å². The average molecular weight is 368 g/mol. The largest absolute Gasteiger partial charge is 0.379 e. The van der Waals surface area contributed by atoms with Gasteiger partial charge in [0, 0.05) is 32.7 Å². The molecule has 136 valence electrons. The Kier molecular flexibility index (Phi) is 9.78. The molecular formula is C16H31Cl2N3O2. The maximum absolute atomic E-state index is 12.3. The Labute approximate surface area is 152 Å². The number of carbonyl (C=O) groups excluding carboxylic acids is 1. The monoisotopic (exact) mass is 367 g/mol. The molecule has 1 amide bonds. The second-order valence-corrected chi connectivity index (χ2v) is 6.84. The molecule has 1 aliphatic carbocycles. The van der Waals surface area contributed by atoms with Crippen molar-refractivity contribution < 1.29 is 9.53 Å². The number of nitrogens with one attached hydrogen (secondary N) is 1. The van der Waals surface area contributed by atoms with Crippen molar-refractivity contribution in [1.29, 1.82) is 0 Å². The minimum atomic E-state index is 0. The second kappa shape index (κ2) is 10.7. The van der Waals surface area contributed by atoms with Crippen LogP contribution in [0.3, 0.4) is 0 Å². The molecule has 2 saturated heterocycles. The van der Waals surface area contributed by atoms with Gasteiger partial charge in [-0.15, -0.1) is 24.8 Å². The molecule has 23 heavy (non-hydrogen) atoms. The lowest BCUT2D eigenvalue weighted by molar-refractivity contribution is -0.132. The third kappa shape index (κ3) is 7.14. The van der Waals surface area contributed by atoms with Gasteiger partial charge in [0.1, 0.15) is 0 Å². The van der Waals surface area contributed by atoms with Crippen molar-refractivity contribution in [2.75, 3.05) is 59.0 Å². The highest BCUT2D eigenvalue weighted by atomic mass is 35.5. The Morgan fingerprint density at radius 2 is 1.78 bits per heavy atom. The Bertz CT molecular complexity index is 350. The van der Waals surface area contributed by atoms with E-state index in [1.807, 2.05) is 0 Å². The minimum Gasteiger partial charge on any atom is -0.379 e. The Balaban J connectivity index is 0.00000132. The predicted octanol–water partition coefficient (Wildman–Crippen LogP) is 1.40. The summed E-state index contributed by atoms with van der Waals surface area (Å²) in [5, 5.41) is 3.32. The number of amides is 1. The molecule has 1 atom stereocenters. The van der Waals surface area contributed by atoms with E-state index in [0.717, 1.165) is 64.8 Å². The highest BCUT2D eigenvalue weighted by Crippen LogP contribution is 2.27. The topological polar surface area (TPSA) is 44.8 Å². The maximum Gasteiger partial charge on any atom is 0.236 e. The van der Waals surface area contributed by atoms with Crippen LogP contribution in [0.5, 0.6) is 0 Å². The smallest absolute Gasteiger partial charge is 0.236 e. The zero-order valence-electron chi connectivity index (χ0n) is 13.9. The number of piperidine rings is 1. The van der Waals surface area contributed by atoms with Crippen molar-refractivity contribution in [3.8, 4) is 0 Å². The molecule has 3 fully saturated rings. The van der Waals surface area contributed by atoms with E-state index in [0.29, 0.717) is 18.4 Å². The van der Waals surface area contributed by atoms with Crippen molar-refractivity contribution in [3.05, 3.63) is 0 Å². The first-order valence-corrected chi connectivity index (χ1v) is 8.60. The van der Waals surface area contributed by atoms with E-state index in [1.54, 1.807) is 0 Å². The number of halogens is 2. The quantitative estimate of drug-likeness (QED) is 0.770. The van der Waals surface area contributed by atoms with Gasteiger partial charge in [0.05, 0.1) is 19.8 Å². The molecule has 0 aromatic carbocycles. The van der Waals surface area contributed by atoms with E-state index in [1.165, 1.54) is 19.3 Å². The van der Waals surface area contributed by atoms with Crippen molar-refractivity contribution in [3.63, 3.8) is 0 Å². The number of rotatable bonds is 6. The molecule has 0 bridgehead atoms. The van der Waals surface area contributed by atoms with E-state index in [4.69, 9.17) is 4.74 Å². The molecule has 1 unspecified atom stereocenters. The normalized spacial score (nSPS) is 25.4. The summed E-state index contributed by atoms with van der Waals surface area (Å²) in [5.74, 6) is 1.78. The summed E-state index contributed by atoms with van der Waals surface area (Å²) in [6.07, 6.45) is 5.10. The van der Waals surface area contributed by atoms with Crippen molar-refractivity contribution >= 4 is 30.7 Å². The third-order valence-corrected chi connectivity index (χ3v) is 4.90. The number of likely N-dealkylation sites (tertiary alicyclic amines) is 1. The summed E-state index contributed by atoms with van der Waals surface area (Å²) in [4.78, 5) is 16.8. The van der Waals surface area contributed by atoms with Gasteiger partial charge in [0.2, 0.25) is 5.91 Å². The Morgan fingerprint density at radius 3 is 2.48 bits per heavy atom. The summed E-state index contributed by atoms with van der Waals surface area (Å²) in [5.41, 5.74) is 0. The summed E-state index contributed by atoms with van der Waals surface area (Å²) >= 11 is 0. The number of morpholine rings is 1. The molecule has 0 aromatic rings. The van der Waals surface area contributed by atoms with Crippen molar-refractivity contribution in [2.24, 2.45) is 11.8 Å². The van der Waals surface area contributed by atoms with Crippen LogP contribution in [0.1, 0.15) is 25.7 Å². The highest BCUT2D eigenvalue weighted by molar-refractivity contribution is 5.85. The number of ether oxygens (including phenoxy) is 1. The summed E-state index contributed by atoms with van der Waals surface area (Å²) in [7, 11) is 0. The molecular weight excluding hydrogens is 337 g/mol. The van der Waals surface area contributed by atoms with Crippen LogP contribution < -0.4 is 5.32 Å². The second-order valence-electron chi connectivity index (χ2n) is 6.84. The van der Waals surface area contributed by atoms with Gasteiger partial charge in [-0.05, 0) is 44.1 Å². The first kappa shape index (κ1) is 21.0. The fourth-order valence-electron chi connectivity index (χ4n) is 3.41. The number of nitrogens with zero attached hydrogens (tertiary/aromatic N) is 2. The van der Waals surface area contributed by atoms with Crippen LogP contribution in [0.15, 0.2) is 0 Å². The van der Waals surface area contributed by atoms with Gasteiger partial charge in [0.15, 0.2) is 0 Å². The van der Waals surface area contributed by atoms with Crippen molar-refractivity contribution in [2.45, 2.75) is 25.7 Å². The molecule has 5 nitrogen and oxygen atoms in total. The fraction of sp³-hybridized carbons (Fsp3) is 0.938. The molecule has 2 aliphatic heterocycles. The lowest BCUT2D eigenvalue weighted by Gasteiger charge is -2.36. The van der Waals surface area contributed by atoms with E-state index < -0.39 is 0 Å². The fourth-order valence-corrected chi connectivity index (χ4v) is 3.41. The van der Waals surface area contributed by atoms with Crippen LogP contribution >= 0.6 is 24.8 Å². The molecule has 1 saturated carbocycles. The molecule has 0 radical (unpaired) electrons. The Hall–Kier alpha value is -0.0700. The summed E-state index contributed by atoms with van der Waals surface area (Å²) < 4.78 is 5.40. The minimum absolute atomic E-state index is 0. The van der Waals surface area contributed by atoms with Gasteiger partial charge in [-0.3, -0.25) is 9.69 Å². The van der Waals surface area contributed by atoms with Gasteiger partial charge in [-0.2, -0.15) is 0 Å². The van der Waals surface area contributed by atoms with Gasteiger partial charge < -0.3 is 15.0 Å². The molecule has 1 N–H and O–H groups in total. The molecule has 0 spiro atoms. The first-order chi connectivity index (χ1) is 10.3. The third-order valence-electron chi connectivity index (χ3n) is 4.90. The SMILES string of the molecule is Cl.Cl.O=C(CNCC1CC1)N1CCCC(CN2CCOCC2)C1. The highest BCUT2D eigenvalue weighted by Gasteiger charge is 2.26. The molecule has 7 heteroatoms. The van der Waals surface area contributed by atoms with Crippen molar-refractivity contribution in [1.82, 2.24) is 15.1 Å². The lowest BCUT2D eigenvalue weighted by Crippen LogP contribution is -2.48. The van der Waals surface area contributed by atoms with Crippen LogP contribution in [0.2, 0.25) is 0 Å². The van der Waals surface area contributed by atoms with E-state index in [2.05, 4.69) is 15.1 Å². The van der Waals surface area contributed by atoms with Gasteiger partial charge in [-0.25, -0.2) is 0 Å². The maximum atomic E-state index is 12.3. The van der Waals surface area contributed by atoms with Gasteiger partial charge in [0.25, 0.3) is 0 Å². The van der Waals surface area contributed by atoms with Crippen LogP contribution in [0, 0.1) is 11.8 Å². The molecule has 3 aliphatic rings. The molecule has 0 aromatic heterocycles. The molecule has 3 rings (SSSR count). The van der Waals surface area contributed by atoms with E-state index in [-0.39, 0.29) is 24.8 Å². The van der Waals surface area contributed by atoms with Gasteiger partial charge in [-0.1, -0.05) is 0 Å². The van der Waals surface area contributed by atoms with Crippen LogP contribution in [-0.4, -0.2) is 74.7 Å². The van der Waals surface area contributed by atoms with E-state index >= 15 is 0 Å².